The topological polar surface area (TPSA) is 34.3 Å². The van der Waals surface area contributed by atoms with Gasteiger partial charge in [-0.25, -0.2) is 4.39 Å². The Bertz CT molecular complexity index is 1220. The molecule has 0 spiro atoms. The number of H-pyrrole nitrogens is 1. The number of aromatic nitrogens is 1. The van der Waals surface area contributed by atoms with Gasteiger partial charge in [-0.05, 0) is 87.1 Å². The Morgan fingerprint density at radius 3 is 2.56 bits per heavy atom. The highest BCUT2D eigenvalue weighted by Gasteiger charge is 2.48. The highest BCUT2D eigenvalue weighted by Crippen LogP contribution is 2.52. The van der Waals surface area contributed by atoms with Crippen molar-refractivity contribution in [3.8, 4) is 0 Å². The van der Waals surface area contributed by atoms with Crippen molar-refractivity contribution in [2.45, 2.75) is 76.3 Å². The van der Waals surface area contributed by atoms with Crippen LogP contribution in [0.25, 0.3) is 10.9 Å². The van der Waals surface area contributed by atoms with Crippen LogP contribution in [0.5, 0.6) is 0 Å². The molecule has 2 aliphatic heterocycles. The normalized spacial score (nSPS) is 31.5. The van der Waals surface area contributed by atoms with Crippen molar-refractivity contribution in [1.82, 2.24) is 14.8 Å². The molecule has 4 fully saturated rings. The monoisotopic (exact) mass is 486 g/mol. The highest BCUT2D eigenvalue weighted by molar-refractivity contribution is 5.85. The predicted octanol–water partition coefficient (Wildman–Crippen LogP) is 6.15. The number of alkyl halides is 1. The second-order valence-corrected chi connectivity index (χ2v) is 12.2. The summed E-state index contributed by atoms with van der Waals surface area (Å²) in [5.41, 5.74) is 6.75. The summed E-state index contributed by atoms with van der Waals surface area (Å²) in [6.45, 7) is 6.49. The van der Waals surface area contributed by atoms with Crippen LogP contribution in [0.15, 0.2) is 48.5 Å². The number of halogens is 1. The van der Waals surface area contributed by atoms with E-state index in [9.17, 15) is 4.39 Å². The van der Waals surface area contributed by atoms with Crippen LogP contribution in [-0.4, -0.2) is 58.7 Å². The van der Waals surface area contributed by atoms with Crippen molar-refractivity contribution >= 4 is 16.6 Å². The van der Waals surface area contributed by atoms with Crippen LogP contribution < -0.4 is 5.32 Å². The molecular weight excluding hydrogens is 447 g/mol. The van der Waals surface area contributed by atoms with Crippen LogP contribution in [0.2, 0.25) is 0 Å². The van der Waals surface area contributed by atoms with Crippen LogP contribution in [-0.2, 0) is 6.42 Å². The Labute approximate surface area is 214 Å². The zero-order valence-corrected chi connectivity index (χ0v) is 21.6. The molecule has 5 heteroatoms. The van der Waals surface area contributed by atoms with Gasteiger partial charge < -0.3 is 10.3 Å². The number of rotatable bonds is 6. The first kappa shape index (κ1) is 22.8. The number of hydrogen-bond donors (Lipinski definition) is 2. The molecule has 4 nitrogen and oxygen atoms in total. The zero-order valence-electron chi connectivity index (χ0n) is 21.6. The minimum atomic E-state index is -0.754. The Hall–Kier alpha value is -2.37. The predicted molar refractivity (Wildman–Crippen MR) is 145 cm³/mol. The molecule has 190 valence electrons. The van der Waals surface area contributed by atoms with E-state index in [1.54, 1.807) is 6.92 Å². The summed E-state index contributed by atoms with van der Waals surface area (Å²) in [4.78, 5) is 8.95. The average Bonchev–Trinajstić information content (AvgIpc) is 3.20. The number of anilines is 1. The lowest BCUT2D eigenvalue weighted by atomic mass is 9.61. The first-order valence-corrected chi connectivity index (χ1v) is 14.1. The van der Waals surface area contributed by atoms with Crippen molar-refractivity contribution in [2.75, 3.05) is 25.0 Å². The summed E-state index contributed by atoms with van der Waals surface area (Å²) in [6.07, 6.45) is 5.99. The van der Waals surface area contributed by atoms with E-state index < -0.39 is 6.17 Å². The van der Waals surface area contributed by atoms with Crippen molar-refractivity contribution in [2.24, 2.45) is 11.8 Å². The van der Waals surface area contributed by atoms with Crippen molar-refractivity contribution in [3.05, 3.63) is 65.4 Å². The molecule has 3 saturated carbocycles. The van der Waals surface area contributed by atoms with Gasteiger partial charge in [0.15, 0.2) is 0 Å². The van der Waals surface area contributed by atoms with Crippen molar-refractivity contribution in [1.29, 1.82) is 0 Å². The van der Waals surface area contributed by atoms with Crippen LogP contribution >= 0.6 is 0 Å². The van der Waals surface area contributed by atoms with Gasteiger partial charge >= 0.3 is 0 Å². The molecule has 4 atom stereocenters. The molecule has 3 aromatic rings. The van der Waals surface area contributed by atoms with Crippen LogP contribution in [0.4, 0.5) is 10.1 Å². The van der Waals surface area contributed by atoms with Crippen LogP contribution in [0.1, 0.15) is 62.4 Å². The third-order valence-electron chi connectivity index (χ3n) is 9.56. The smallest absolute Gasteiger partial charge is 0.110 e. The summed E-state index contributed by atoms with van der Waals surface area (Å²) >= 11 is 0. The molecule has 1 aromatic heterocycles. The average molecular weight is 487 g/mol. The van der Waals surface area contributed by atoms with Crippen molar-refractivity contribution < 1.29 is 4.39 Å². The lowest BCUT2D eigenvalue weighted by Crippen LogP contribution is -2.56. The summed E-state index contributed by atoms with van der Waals surface area (Å²) in [5, 5.41) is 5.06. The maximum absolute atomic E-state index is 13.3. The molecule has 36 heavy (non-hydrogen) atoms. The maximum Gasteiger partial charge on any atom is 0.110 e. The SMILES string of the molecule is C[C@@H]1Cc2c([nH]c3ccccc23)[C@@H](c2ccc(NC3CN(C[C@@H](C)F)C3)cc2)N1C1CCC2CC1C2. The molecule has 0 amide bonds. The third kappa shape index (κ3) is 3.86. The fourth-order valence-electron chi connectivity index (χ4n) is 7.87. The summed E-state index contributed by atoms with van der Waals surface area (Å²) in [5.74, 6) is 1.86. The van der Waals surface area contributed by atoms with Gasteiger partial charge in [-0.1, -0.05) is 30.3 Å². The van der Waals surface area contributed by atoms with Gasteiger partial charge in [0.2, 0.25) is 0 Å². The molecule has 5 aliphatic rings. The molecular formula is C31H39FN4. The van der Waals surface area contributed by atoms with E-state index in [0.717, 1.165) is 31.3 Å². The highest BCUT2D eigenvalue weighted by atomic mass is 19.1. The van der Waals surface area contributed by atoms with Crippen molar-refractivity contribution in [3.63, 3.8) is 0 Å². The number of nitrogens with zero attached hydrogens (tertiary/aromatic N) is 2. The summed E-state index contributed by atoms with van der Waals surface area (Å²) in [7, 11) is 0. The molecule has 2 N–H and O–H groups in total. The third-order valence-corrected chi connectivity index (χ3v) is 9.56. The fraction of sp³-hybridized carbons (Fsp3) is 0.548. The molecule has 2 bridgehead atoms. The van der Waals surface area contributed by atoms with Gasteiger partial charge in [-0.3, -0.25) is 9.80 Å². The molecule has 1 saturated heterocycles. The first-order chi connectivity index (χ1) is 17.5. The molecule has 3 heterocycles. The Balaban J connectivity index is 1.19. The number of hydrogen-bond acceptors (Lipinski definition) is 3. The van der Waals surface area contributed by atoms with E-state index in [-0.39, 0.29) is 6.04 Å². The van der Waals surface area contributed by atoms with E-state index in [1.807, 2.05) is 0 Å². The number of aromatic amines is 1. The molecule has 0 radical (unpaired) electrons. The summed E-state index contributed by atoms with van der Waals surface area (Å²) < 4.78 is 13.3. The second kappa shape index (κ2) is 8.88. The minimum absolute atomic E-state index is 0.276. The lowest BCUT2D eigenvalue weighted by Gasteiger charge is -2.55. The minimum Gasteiger partial charge on any atom is -0.380 e. The number of likely N-dealkylation sites (tertiary alicyclic amines) is 1. The number of nitrogens with one attached hydrogen (secondary N) is 2. The van der Waals surface area contributed by atoms with E-state index in [1.165, 1.54) is 59.1 Å². The van der Waals surface area contributed by atoms with E-state index in [4.69, 9.17) is 0 Å². The standard InChI is InChI=1S/C31H39FN4/c1-19(32)16-35-17-25(18-35)33-24-10-8-22(9-11-24)31-30-27(26-5-3-4-6-28(26)34-30)13-20(2)36(31)29-12-7-21-14-23(29)15-21/h3-6,8-11,19-21,23,25,29,31,33-34H,7,12-18H2,1-2H3/t19-,20-,21?,23?,29?,31-/m1/s1. The largest absolute Gasteiger partial charge is 0.380 e. The maximum atomic E-state index is 13.3. The lowest BCUT2D eigenvalue weighted by molar-refractivity contribution is -0.0356. The molecule has 3 aliphatic carbocycles. The quantitative estimate of drug-likeness (QED) is 0.439. The Kier molecular flexibility index (Phi) is 5.62. The van der Waals surface area contributed by atoms with E-state index >= 15 is 0 Å². The van der Waals surface area contributed by atoms with Gasteiger partial charge in [0.25, 0.3) is 0 Å². The van der Waals surface area contributed by atoms with Crippen LogP contribution in [0.3, 0.4) is 0 Å². The van der Waals surface area contributed by atoms with E-state index in [2.05, 4.69) is 75.6 Å². The number of fused-ring (bicyclic) bond motifs is 5. The van der Waals surface area contributed by atoms with Gasteiger partial charge in [-0.15, -0.1) is 0 Å². The van der Waals surface area contributed by atoms with Crippen LogP contribution in [0, 0.1) is 11.8 Å². The number of para-hydroxylation sites is 1. The molecule has 1 unspecified atom stereocenters. The second-order valence-electron chi connectivity index (χ2n) is 12.2. The Morgan fingerprint density at radius 1 is 1.06 bits per heavy atom. The fourth-order valence-corrected chi connectivity index (χ4v) is 7.87. The van der Waals surface area contributed by atoms with E-state index in [0.29, 0.717) is 24.7 Å². The number of benzene rings is 2. The van der Waals surface area contributed by atoms with Gasteiger partial charge in [0.05, 0.1) is 12.1 Å². The van der Waals surface area contributed by atoms with Gasteiger partial charge in [-0.2, -0.15) is 0 Å². The Morgan fingerprint density at radius 2 is 1.83 bits per heavy atom. The molecule has 8 rings (SSSR count). The molecule has 2 aromatic carbocycles. The van der Waals surface area contributed by atoms with Gasteiger partial charge in [0, 0.05) is 54.0 Å². The zero-order chi connectivity index (χ0) is 24.4. The first-order valence-electron chi connectivity index (χ1n) is 14.1. The summed E-state index contributed by atoms with van der Waals surface area (Å²) in [6, 6.07) is 20.0. The van der Waals surface area contributed by atoms with Gasteiger partial charge in [0.1, 0.15) is 6.17 Å².